The molecule has 0 aliphatic carbocycles. The highest BCUT2D eigenvalue weighted by Gasteiger charge is 2.55. The van der Waals surface area contributed by atoms with Crippen LogP contribution in [0.25, 0.3) is 0 Å². The fourth-order valence-corrected chi connectivity index (χ4v) is 6.18. The summed E-state index contributed by atoms with van der Waals surface area (Å²) in [5.41, 5.74) is -3.30. The lowest BCUT2D eigenvalue weighted by Crippen LogP contribution is -2.48. The summed E-state index contributed by atoms with van der Waals surface area (Å²) in [6.07, 6.45) is -3.07. The van der Waals surface area contributed by atoms with Crippen molar-refractivity contribution in [1.29, 1.82) is 0 Å². The summed E-state index contributed by atoms with van der Waals surface area (Å²) in [4.78, 5) is 38.3. The number of carbonyl (C=O) groups excluding carboxylic acids is 1. The summed E-state index contributed by atoms with van der Waals surface area (Å²) in [6, 6.07) is 8.82. The Bertz CT molecular complexity index is 1240. The van der Waals surface area contributed by atoms with Crippen LogP contribution in [0.15, 0.2) is 52.2 Å². The number of esters is 1. The highest BCUT2D eigenvalue weighted by Crippen LogP contribution is 2.47. The van der Waals surface area contributed by atoms with Crippen LogP contribution < -0.4 is 20.9 Å². The molecule has 14 heteroatoms. The van der Waals surface area contributed by atoms with Gasteiger partial charge < -0.3 is 28.7 Å². The second-order valence-electron chi connectivity index (χ2n) is 8.87. The Kier molecular flexibility index (Phi) is 9.46. The number of aliphatic hydroxyl groups is 2. The molecule has 0 bridgehead atoms. The number of aromatic nitrogens is 2. The molecule has 0 saturated carbocycles. The van der Waals surface area contributed by atoms with E-state index >= 15 is 0 Å². The molecule has 1 aliphatic heterocycles. The van der Waals surface area contributed by atoms with Gasteiger partial charge >= 0.3 is 18.3 Å². The first-order chi connectivity index (χ1) is 17.4. The van der Waals surface area contributed by atoms with Crippen molar-refractivity contribution >= 4 is 24.4 Å². The lowest BCUT2D eigenvalue weighted by molar-refractivity contribution is -0.149. The monoisotopic (exact) mass is 557 g/mol. The summed E-state index contributed by atoms with van der Waals surface area (Å²) < 4.78 is 23.9. The first kappa shape index (κ1) is 29.2. The minimum absolute atomic E-state index is 0.0197. The number of H-pyrrole nitrogens is 1. The van der Waals surface area contributed by atoms with E-state index in [1.807, 2.05) is 0 Å². The van der Waals surface area contributed by atoms with Gasteiger partial charge in [-0.3, -0.25) is 19.1 Å². The van der Waals surface area contributed by atoms with E-state index in [-0.39, 0.29) is 19.1 Å². The molecular weight excluding hydrogens is 525 g/mol. The van der Waals surface area contributed by atoms with Gasteiger partial charge in [0.25, 0.3) is 5.56 Å². The zero-order chi connectivity index (χ0) is 27.4. The molecule has 4 N–H and O–H groups in total. The fourth-order valence-electron chi connectivity index (χ4n) is 3.76. The second kappa shape index (κ2) is 12.0. The highest BCUT2D eigenvalue weighted by molar-refractivity contribution is 8.09. The maximum absolute atomic E-state index is 12.4. The van der Waals surface area contributed by atoms with Crippen molar-refractivity contribution in [2.75, 3.05) is 6.61 Å². The molecule has 1 aliphatic rings. The van der Waals surface area contributed by atoms with Crippen LogP contribution in [-0.2, 0) is 30.6 Å². The van der Waals surface area contributed by atoms with Crippen molar-refractivity contribution in [3.8, 4) is 5.75 Å². The van der Waals surface area contributed by atoms with Crippen LogP contribution in [-0.4, -0.2) is 62.3 Å². The number of aromatic amines is 1. The number of rotatable bonds is 11. The highest BCUT2D eigenvalue weighted by atomic mass is 32.5. The normalized spacial score (nSPS) is 26.0. The molecular formula is C23H32N3O9PS. The van der Waals surface area contributed by atoms with Crippen LogP contribution in [0.1, 0.15) is 40.3 Å². The summed E-state index contributed by atoms with van der Waals surface area (Å²) in [6.45, 7) is 2.82. The zero-order valence-corrected chi connectivity index (χ0v) is 22.6. The summed E-state index contributed by atoms with van der Waals surface area (Å²) in [5.74, 6) is -0.169. The Labute approximate surface area is 218 Å². The number of ether oxygens (including phenoxy) is 2. The van der Waals surface area contributed by atoms with Gasteiger partial charge in [0.2, 0.25) is 0 Å². The first-order valence-electron chi connectivity index (χ1n) is 11.7. The van der Waals surface area contributed by atoms with Crippen LogP contribution in [0.2, 0.25) is 0 Å². The number of hydrogen-bond donors (Lipinski definition) is 4. The Balaban J connectivity index is 1.83. The van der Waals surface area contributed by atoms with Crippen molar-refractivity contribution in [3.63, 3.8) is 0 Å². The summed E-state index contributed by atoms with van der Waals surface area (Å²) in [5, 5.41) is 25.0. The molecule has 0 spiro atoms. The largest absolute Gasteiger partial charge is 0.462 e. The second-order valence-corrected chi connectivity index (χ2v) is 12.0. The van der Waals surface area contributed by atoms with Crippen molar-refractivity contribution in [1.82, 2.24) is 14.6 Å². The molecule has 1 aromatic carbocycles. The van der Waals surface area contributed by atoms with Crippen molar-refractivity contribution in [3.05, 3.63) is 63.4 Å². The number of nitrogens with zero attached hydrogens (tertiary/aromatic N) is 1. The lowest BCUT2D eigenvalue weighted by Gasteiger charge is -2.30. The molecule has 3 rings (SSSR count). The van der Waals surface area contributed by atoms with E-state index < -0.39 is 53.9 Å². The predicted octanol–water partition coefficient (Wildman–Crippen LogP) is 1.19. The SMILES string of the molecule is CCC1(O)C(O)C(COP(=S)(NC(C)C(=O)OC(C)C)Oc2ccccc2)OC1n1ccc(=O)[nH]c1=O. The van der Waals surface area contributed by atoms with Gasteiger partial charge in [-0.05, 0) is 51.1 Å². The van der Waals surface area contributed by atoms with Gasteiger partial charge in [0.05, 0.1) is 12.7 Å². The van der Waals surface area contributed by atoms with E-state index in [2.05, 4.69) is 10.1 Å². The molecule has 1 saturated heterocycles. The Hall–Kier alpha value is -2.38. The average molecular weight is 558 g/mol. The van der Waals surface area contributed by atoms with E-state index in [0.29, 0.717) is 5.75 Å². The topological polar surface area (TPSA) is 161 Å². The Morgan fingerprint density at radius 2 is 1.95 bits per heavy atom. The standard InChI is InChI=1S/C23H32N3O9PS/c1-5-23(31)19(28)17(34-21(23)26-12-11-18(27)24-22(26)30)13-32-36(37,35-16-9-7-6-8-10-16)25-15(4)20(29)33-14(2)3/h6-12,14-15,17,19,21,28,31H,5,13H2,1-4H3,(H,25,37)(H,24,27,30). The number of benzene rings is 1. The third kappa shape index (κ3) is 6.94. The summed E-state index contributed by atoms with van der Waals surface area (Å²) in [7, 11) is 0. The van der Waals surface area contributed by atoms with E-state index in [1.54, 1.807) is 58.0 Å². The number of aliphatic hydroxyl groups excluding tert-OH is 1. The van der Waals surface area contributed by atoms with Gasteiger partial charge in [0.1, 0.15) is 29.6 Å². The van der Waals surface area contributed by atoms with E-state index in [4.69, 9.17) is 30.3 Å². The molecule has 6 atom stereocenters. The Morgan fingerprint density at radius 3 is 2.54 bits per heavy atom. The molecule has 0 amide bonds. The third-order valence-corrected chi connectivity index (χ3v) is 8.20. The van der Waals surface area contributed by atoms with E-state index in [0.717, 1.165) is 10.6 Å². The quantitative estimate of drug-likeness (QED) is 0.232. The molecule has 2 heterocycles. The zero-order valence-electron chi connectivity index (χ0n) is 20.9. The van der Waals surface area contributed by atoms with Gasteiger partial charge in [0.15, 0.2) is 6.23 Å². The molecule has 1 aromatic heterocycles. The van der Waals surface area contributed by atoms with Crippen LogP contribution in [0.5, 0.6) is 5.75 Å². The smallest absolute Gasteiger partial charge is 0.330 e. The number of hydrogen-bond acceptors (Lipinski definition) is 10. The average Bonchev–Trinajstić information content (AvgIpc) is 3.08. The third-order valence-electron chi connectivity index (χ3n) is 5.70. The molecule has 1 fully saturated rings. The van der Waals surface area contributed by atoms with Crippen LogP contribution in [0, 0.1) is 0 Å². The fraction of sp³-hybridized carbons (Fsp3) is 0.522. The van der Waals surface area contributed by atoms with Gasteiger partial charge in [-0.15, -0.1) is 0 Å². The molecule has 0 radical (unpaired) electrons. The van der Waals surface area contributed by atoms with Crippen LogP contribution in [0.3, 0.4) is 0 Å². The summed E-state index contributed by atoms with van der Waals surface area (Å²) >= 11 is 5.66. The van der Waals surface area contributed by atoms with Gasteiger partial charge in [-0.2, -0.15) is 0 Å². The number of nitrogens with one attached hydrogen (secondary N) is 2. The Morgan fingerprint density at radius 1 is 1.27 bits per heavy atom. The maximum Gasteiger partial charge on any atom is 0.330 e. The van der Waals surface area contributed by atoms with Gasteiger partial charge in [0, 0.05) is 12.3 Å². The van der Waals surface area contributed by atoms with Crippen molar-refractivity contribution < 1.29 is 33.5 Å². The molecule has 12 nitrogen and oxygen atoms in total. The lowest BCUT2D eigenvalue weighted by atomic mass is 9.91. The molecule has 37 heavy (non-hydrogen) atoms. The molecule has 6 unspecified atom stereocenters. The molecule has 204 valence electrons. The minimum Gasteiger partial charge on any atom is -0.462 e. The van der Waals surface area contributed by atoms with Crippen molar-refractivity contribution in [2.45, 2.75) is 70.3 Å². The van der Waals surface area contributed by atoms with E-state index in [1.165, 1.54) is 6.20 Å². The first-order valence-corrected chi connectivity index (χ1v) is 14.4. The maximum atomic E-state index is 12.4. The van der Waals surface area contributed by atoms with Crippen LogP contribution >= 0.6 is 6.64 Å². The van der Waals surface area contributed by atoms with Crippen molar-refractivity contribution in [2.24, 2.45) is 0 Å². The number of carbonyl (C=O) groups is 1. The number of para-hydroxylation sites is 1. The van der Waals surface area contributed by atoms with Gasteiger partial charge in [-0.25, -0.2) is 9.88 Å². The van der Waals surface area contributed by atoms with E-state index in [9.17, 15) is 24.6 Å². The predicted molar refractivity (Wildman–Crippen MR) is 138 cm³/mol. The van der Waals surface area contributed by atoms with Crippen LogP contribution in [0.4, 0.5) is 0 Å². The minimum atomic E-state index is -3.44. The van der Waals surface area contributed by atoms with Gasteiger partial charge in [-0.1, -0.05) is 25.1 Å². The molecule has 2 aromatic rings.